The van der Waals surface area contributed by atoms with Crippen molar-refractivity contribution in [3.63, 3.8) is 0 Å². The van der Waals surface area contributed by atoms with Crippen LogP contribution in [0.5, 0.6) is 0 Å². The fraction of sp³-hybridized carbons (Fsp3) is 0.435. The molecule has 0 saturated carbocycles. The van der Waals surface area contributed by atoms with Crippen molar-refractivity contribution in [1.82, 2.24) is 20.1 Å². The first-order valence-corrected chi connectivity index (χ1v) is 11.4. The smallest absolute Gasteiger partial charge is 0.352 e. The average Bonchev–Trinajstić information content (AvgIpc) is 2.83. The first-order chi connectivity index (χ1) is 16.1. The van der Waals surface area contributed by atoms with Gasteiger partial charge in [0.25, 0.3) is 5.91 Å². The monoisotopic (exact) mass is 497 g/mol. The van der Waals surface area contributed by atoms with Crippen LogP contribution in [0.15, 0.2) is 36.5 Å². The van der Waals surface area contributed by atoms with Gasteiger partial charge in [0, 0.05) is 57.6 Å². The number of carbonyl (C=O) groups excluding carboxylic acids is 2. The molecule has 11 heteroatoms. The van der Waals surface area contributed by atoms with Crippen molar-refractivity contribution in [2.45, 2.75) is 26.6 Å². The van der Waals surface area contributed by atoms with Crippen molar-refractivity contribution < 1.29 is 22.8 Å². The summed E-state index contributed by atoms with van der Waals surface area (Å²) < 4.78 is 38.4. The Morgan fingerprint density at radius 2 is 1.71 bits per heavy atom. The normalized spacial score (nSPS) is 14.2. The number of piperazine rings is 1. The van der Waals surface area contributed by atoms with Gasteiger partial charge in [0.15, 0.2) is 0 Å². The van der Waals surface area contributed by atoms with Crippen LogP contribution in [0.1, 0.15) is 35.3 Å². The van der Waals surface area contributed by atoms with Crippen molar-refractivity contribution in [3.8, 4) is 0 Å². The first-order valence-electron chi connectivity index (χ1n) is 11.0. The van der Waals surface area contributed by atoms with Crippen LogP contribution in [0.3, 0.4) is 0 Å². The van der Waals surface area contributed by atoms with E-state index in [-0.39, 0.29) is 22.8 Å². The summed E-state index contributed by atoms with van der Waals surface area (Å²) in [6, 6.07) is 7.75. The third kappa shape index (κ3) is 6.11. The van der Waals surface area contributed by atoms with Gasteiger partial charge < -0.3 is 20.0 Å². The molecule has 0 aliphatic carbocycles. The van der Waals surface area contributed by atoms with E-state index in [4.69, 9.17) is 11.6 Å². The topological polar surface area (TPSA) is 68.8 Å². The fourth-order valence-corrected chi connectivity index (χ4v) is 3.97. The molecular weight excluding hydrogens is 471 g/mol. The average molecular weight is 498 g/mol. The molecule has 34 heavy (non-hydrogen) atoms. The number of amides is 3. The van der Waals surface area contributed by atoms with Crippen molar-refractivity contribution in [1.29, 1.82) is 0 Å². The number of halogens is 4. The lowest BCUT2D eigenvalue weighted by molar-refractivity contribution is -0.137. The lowest BCUT2D eigenvalue weighted by Crippen LogP contribution is -2.52. The number of nitrogens with one attached hydrogen (secondary N) is 1. The zero-order valence-corrected chi connectivity index (χ0v) is 19.8. The summed E-state index contributed by atoms with van der Waals surface area (Å²) in [5, 5.41) is 2.79. The van der Waals surface area contributed by atoms with Gasteiger partial charge in [-0.2, -0.15) is 13.2 Å². The van der Waals surface area contributed by atoms with Crippen LogP contribution in [0.25, 0.3) is 0 Å². The number of urea groups is 1. The quantitative estimate of drug-likeness (QED) is 0.647. The second-order valence-corrected chi connectivity index (χ2v) is 8.24. The SMILES string of the molecule is CCN(CC)C(=O)c1ccc(CNC(=O)N2CCN(c3ncc(C(F)(F)F)cc3Cl)CC2)cc1. The van der Waals surface area contributed by atoms with E-state index < -0.39 is 11.7 Å². The molecule has 0 radical (unpaired) electrons. The van der Waals surface area contributed by atoms with Gasteiger partial charge in [-0.05, 0) is 37.6 Å². The minimum absolute atomic E-state index is 0.0268. The molecule has 0 bridgehead atoms. The van der Waals surface area contributed by atoms with E-state index in [9.17, 15) is 22.8 Å². The highest BCUT2D eigenvalue weighted by Gasteiger charge is 2.32. The van der Waals surface area contributed by atoms with E-state index in [0.717, 1.165) is 17.8 Å². The molecule has 1 aromatic carbocycles. The second kappa shape index (κ2) is 10.9. The van der Waals surface area contributed by atoms with Crippen LogP contribution in [-0.4, -0.2) is 66.0 Å². The van der Waals surface area contributed by atoms with Crippen LogP contribution in [-0.2, 0) is 12.7 Å². The molecule has 3 amide bonds. The summed E-state index contributed by atoms with van der Waals surface area (Å²) >= 11 is 6.03. The van der Waals surface area contributed by atoms with Crippen molar-refractivity contribution in [2.75, 3.05) is 44.2 Å². The van der Waals surface area contributed by atoms with Gasteiger partial charge in [-0.25, -0.2) is 9.78 Å². The molecular formula is C23H27ClF3N5O2. The maximum atomic E-state index is 12.8. The molecule has 3 rings (SSSR count). The number of nitrogens with zero attached hydrogens (tertiary/aromatic N) is 4. The van der Waals surface area contributed by atoms with E-state index in [2.05, 4.69) is 10.3 Å². The summed E-state index contributed by atoms with van der Waals surface area (Å²) in [6.07, 6.45) is -3.74. The molecule has 184 valence electrons. The summed E-state index contributed by atoms with van der Waals surface area (Å²) in [5.41, 5.74) is 0.568. The van der Waals surface area contributed by atoms with Gasteiger partial charge in [-0.15, -0.1) is 0 Å². The number of benzene rings is 1. The molecule has 1 fully saturated rings. The molecule has 2 aromatic rings. The fourth-order valence-electron chi connectivity index (χ4n) is 3.69. The van der Waals surface area contributed by atoms with Crippen molar-refractivity contribution in [2.24, 2.45) is 0 Å². The number of pyridine rings is 1. The van der Waals surface area contributed by atoms with Gasteiger partial charge in [-0.1, -0.05) is 23.7 Å². The van der Waals surface area contributed by atoms with Crippen LogP contribution in [0.2, 0.25) is 5.02 Å². The number of hydrogen-bond donors (Lipinski definition) is 1. The van der Waals surface area contributed by atoms with Gasteiger partial charge >= 0.3 is 12.2 Å². The molecule has 1 aliphatic heterocycles. The zero-order chi connectivity index (χ0) is 24.9. The maximum absolute atomic E-state index is 12.8. The van der Waals surface area contributed by atoms with Crippen molar-refractivity contribution >= 4 is 29.4 Å². The molecule has 1 aromatic heterocycles. The Labute approximate surface area is 201 Å². The zero-order valence-electron chi connectivity index (χ0n) is 19.0. The lowest BCUT2D eigenvalue weighted by Gasteiger charge is -2.35. The van der Waals surface area contributed by atoms with E-state index in [0.29, 0.717) is 51.4 Å². The Bertz CT molecular complexity index is 1000. The minimum atomic E-state index is -4.51. The van der Waals surface area contributed by atoms with E-state index in [1.54, 1.807) is 26.8 Å². The third-order valence-electron chi connectivity index (χ3n) is 5.71. The lowest BCUT2D eigenvalue weighted by atomic mass is 10.1. The summed E-state index contributed by atoms with van der Waals surface area (Å²) in [5.74, 6) is 0.246. The Morgan fingerprint density at radius 1 is 1.09 bits per heavy atom. The number of rotatable bonds is 6. The highest BCUT2D eigenvalue weighted by atomic mass is 35.5. The van der Waals surface area contributed by atoms with Gasteiger partial charge in [0.2, 0.25) is 0 Å². The number of carbonyl (C=O) groups is 2. The Kier molecular flexibility index (Phi) is 8.24. The Balaban J connectivity index is 1.50. The predicted octanol–water partition coefficient (Wildman–Crippen LogP) is 4.27. The van der Waals surface area contributed by atoms with Crippen LogP contribution < -0.4 is 10.2 Å². The molecule has 2 heterocycles. The maximum Gasteiger partial charge on any atom is 0.417 e. The summed E-state index contributed by atoms with van der Waals surface area (Å²) in [6.45, 7) is 7.00. The van der Waals surface area contributed by atoms with Crippen LogP contribution >= 0.6 is 11.6 Å². The van der Waals surface area contributed by atoms with Gasteiger partial charge in [0.1, 0.15) is 5.82 Å². The van der Waals surface area contributed by atoms with E-state index in [1.807, 2.05) is 26.0 Å². The molecule has 0 atom stereocenters. The van der Waals surface area contributed by atoms with Crippen LogP contribution in [0, 0.1) is 0 Å². The Hall–Kier alpha value is -3.01. The van der Waals surface area contributed by atoms with Crippen molar-refractivity contribution in [3.05, 3.63) is 58.2 Å². The predicted molar refractivity (Wildman–Crippen MR) is 124 cm³/mol. The molecule has 0 spiro atoms. The van der Waals surface area contributed by atoms with Crippen LogP contribution in [0.4, 0.5) is 23.8 Å². The second-order valence-electron chi connectivity index (χ2n) is 7.83. The van der Waals surface area contributed by atoms with E-state index >= 15 is 0 Å². The van der Waals surface area contributed by atoms with Gasteiger partial charge in [-0.3, -0.25) is 4.79 Å². The van der Waals surface area contributed by atoms with E-state index in [1.165, 1.54) is 0 Å². The number of aromatic nitrogens is 1. The Morgan fingerprint density at radius 3 is 2.24 bits per heavy atom. The largest absolute Gasteiger partial charge is 0.417 e. The molecule has 0 unspecified atom stereocenters. The number of anilines is 1. The summed E-state index contributed by atoms with van der Waals surface area (Å²) in [7, 11) is 0. The number of hydrogen-bond acceptors (Lipinski definition) is 4. The van der Waals surface area contributed by atoms with Gasteiger partial charge in [0.05, 0.1) is 10.6 Å². The molecule has 1 aliphatic rings. The molecule has 1 saturated heterocycles. The highest BCUT2D eigenvalue weighted by Crippen LogP contribution is 2.33. The molecule has 1 N–H and O–H groups in total. The molecule has 7 nitrogen and oxygen atoms in total. The standard InChI is InChI=1S/C23H27ClF3N5O2/c1-3-30(4-2)21(33)17-7-5-16(6-8-17)14-29-22(34)32-11-9-31(10-12-32)20-19(24)13-18(15-28-20)23(25,26)27/h5-8,13,15H,3-4,9-12,14H2,1-2H3,(H,29,34). The summed E-state index contributed by atoms with van der Waals surface area (Å²) in [4.78, 5) is 33.9. The highest BCUT2D eigenvalue weighted by molar-refractivity contribution is 6.33. The first kappa shape index (κ1) is 25.6. The third-order valence-corrected chi connectivity index (χ3v) is 5.99. The minimum Gasteiger partial charge on any atom is -0.352 e. The number of alkyl halides is 3.